The quantitative estimate of drug-likeness (QED) is 0.219. The normalized spacial score (nSPS) is 19.3. The van der Waals surface area contributed by atoms with Crippen LogP contribution in [0.5, 0.6) is 0 Å². The van der Waals surface area contributed by atoms with Crippen molar-refractivity contribution in [3.05, 3.63) is 86.3 Å². The number of anilines is 1. The van der Waals surface area contributed by atoms with Crippen molar-refractivity contribution in [2.24, 2.45) is 11.8 Å². The molecule has 0 spiro atoms. The predicted molar refractivity (Wildman–Crippen MR) is 154 cm³/mol. The summed E-state index contributed by atoms with van der Waals surface area (Å²) in [5.41, 5.74) is -0.618. The monoisotopic (exact) mass is 647 g/mol. The molecule has 1 amide bonds. The lowest BCUT2D eigenvalue weighted by molar-refractivity contribution is -0.141. The predicted octanol–water partition coefficient (Wildman–Crippen LogP) is 8.64. The molecule has 0 heterocycles. The minimum absolute atomic E-state index is 0.0224. The summed E-state index contributed by atoms with van der Waals surface area (Å²) in [7, 11) is -3.49. The highest BCUT2D eigenvalue weighted by molar-refractivity contribution is 7.95. The molecule has 0 aliphatic heterocycles. The Bertz CT molecular complexity index is 1530. The summed E-state index contributed by atoms with van der Waals surface area (Å²) in [4.78, 5) is 13.0. The first-order valence-corrected chi connectivity index (χ1v) is 16.1. The maximum atomic E-state index is 13.4. The number of carbonyl (C=O) groups is 1. The van der Waals surface area contributed by atoms with Crippen LogP contribution in [0.3, 0.4) is 0 Å². The molecule has 12 heteroatoms. The van der Waals surface area contributed by atoms with Gasteiger partial charge in [0.2, 0.25) is 5.91 Å². The van der Waals surface area contributed by atoms with Gasteiger partial charge in [-0.1, -0.05) is 37.4 Å². The first-order chi connectivity index (χ1) is 20.1. The molecule has 2 aliphatic carbocycles. The van der Waals surface area contributed by atoms with Gasteiger partial charge >= 0.3 is 12.4 Å². The Kier molecular flexibility index (Phi) is 10.1. The fourth-order valence-electron chi connectivity index (χ4n) is 5.89. The van der Waals surface area contributed by atoms with Gasteiger partial charge in [-0.05, 0) is 96.7 Å². The van der Waals surface area contributed by atoms with E-state index in [0.29, 0.717) is 53.1 Å². The molecule has 4 rings (SSSR count). The molecule has 0 radical (unpaired) electrons. The van der Waals surface area contributed by atoms with Crippen molar-refractivity contribution in [3.63, 3.8) is 0 Å². The average Bonchev–Trinajstić information content (AvgIpc) is 3.29. The Morgan fingerprint density at radius 3 is 2.35 bits per heavy atom. The fraction of sp³-hybridized carbons (Fsp3) is 0.452. The van der Waals surface area contributed by atoms with E-state index in [2.05, 4.69) is 5.32 Å². The molecule has 0 aromatic heterocycles. The SMILES string of the molecule is CCCC1Cc2cc(NC(=O)CCc3cc(C(F)(F)F)ccc3C(F)(F)F)ccc2CCC1CS(=O)(=O)C1=CC=C(Cl)C1. The number of allylic oxidation sites excluding steroid dienone is 4. The molecule has 2 aromatic rings. The summed E-state index contributed by atoms with van der Waals surface area (Å²) < 4.78 is 106. The minimum Gasteiger partial charge on any atom is -0.326 e. The Hall–Kier alpha value is -2.79. The summed E-state index contributed by atoms with van der Waals surface area (Å²) >= 11 is 6.00. The van der Waals surface area contributed by atoms with Crippen LogP contribution in [0, 0.1) is 11.8 Å². The number of benzene rings is 2. The smallest absolute Gasteiger partial charge is 0.326 e. The lowest BCUT2D eigenvalue weighted by Crippen LogP contribution is -2.25. The molecular weight excluding hydrogens is 616 g/mol. The van der Waals surface area contributed by atoms with Crippen LogP contribution in [-0.4, -0.2) is 20.1 Å². The number of hydrogen-bond donors (Lipinski definition) is 1. The zero-order chi connectivity index (χ0) is 31.6. The number of alkyl halides is 6. The number of rotatable bonds is 9. The third kappa shape index (κ3) is 8.44. The van der Waals surface area contributed by atoms with Gasteiger partial charge in [-0.25, -0.2) is 8.42 Å². The zero-order valence-electron chi connectivity index (χ0n) is 23.4. The maximum absolute atomic E-state index is 13.4. The van der Waals surface area contributed by atoms with Crippen molar-refractivity contribution in [1.29, 1.82) is 0 Å². The molecule has 2 aliphatic rings. The second-order valence-corrected chi connectivity index (χ2v) is 13.7. The molecule has 0 fully saturated rings. The number of amides is 1. The van der Waals surface area contributed by atoms with Crippen LogP contribution in [0.4, 0.5) is 32.0 Å². The van der Waals surface area contributed by atoms with Crippen LogP contribution in [0.2, 0.25) is 0 Å². The number of hydrogen-bond acceptors (Lipinski definition) is 3. The van der Waals surface area contributed by atoms with Gasteiger partial charge in [-0.2, -0.15) is 26.3 Å². The topological polar surface area (TPSA) is 63.2 Å². The van der Waals surface area contributed by atoms with E-state index in [1.807, 2.05) is 13.0 Å². The zero-order valence-corrected chi connectivity index (χ0v) is 25.0. The first-order valence-electron chi connectivity index (χ1n) is 14.0. The van der Waals surface area contributed by atoms with Crippen LogP contribution in [0.1, 0.15) is 66.8 Å². The standard InChI is InChI=1S/C31H32ClF6NO3S/c1-2-3-20-14-23-16-26(10-6-19(23)4-5-22(20)18-43(41,42)27-11-9-25(32)17-27)39-29(40)13-7-21-15-24(30(33,34)35)8-12-28(21)31(36,37)38/h6,8-12,15-16,20,22H,2-5,7,13-14,17-18H2,1H3,(H,39,40). The van der Waals surface area contributed by atoms with E-state index in [0.717, 1.165) is 24.0 Å². The third-order valence-electron chi connectivity index (χ3n) is 8.07. The third-order valence-corrected chi connectivity index (χ3v) is 10.3. The van der Waals surface area contributed by atoms with Gasteiger partial charge in [-0.3, -0.25) is 4.79 Å². The molecule has 0 saturated heterocycles. The minimum atomic E-state index is -4.86. The highest BCUT2D eigenvalue weighted by Crippen LogP contribution is 2.38. The van der Waals surface area contributed by atoms with E-state index in [1.54, 1.807) is 24.3 Å². The van der Waals surface area contributed by atoms with Crippen molar-refractivity contribution in [2.45, 2.75) is 70.6 Å². The largest absolute Gasteiger partial charge is 0.416 e. The summed E-state index contributed by atoms with van der Waals surface area (Å²) in [5.74, 6) is -0.607. The number of aryl methyl sites for hydroxylation is 2. The van der Waals surface area contributed by atoms with Crippen molar-refractivity contribution >= 4 is 33.0 Å². The molecule has 43 heavy (non-hydrogen) atoms. The summed E-state index contributed by atoms with van der Waals surface area (Å²) in [6.07, 6.45) is -3.68. The van der Waals surface area contributed by atoms with Gasteiger partial charge < -0.3 is 5.32 Å². The average molecular weight is 648 g/mol. The Balaban J connectivity index is 1.45. The summed E-state index contributed by atoms with van der Waals surface area (Å²) in [5, 5.41) is 3.15. The second kappa shape index (κ2) is 13.1. The number of halogens is 7. The van der Waals surface area contributed by atoms with Gasteiger partial charge in [0.05, 0.1) is 16.9 Å². The van der Waals surface area contributed by atoms with Gasteiger partial charge in [0.1, 0.15) is 0 Å². The van der Waals surface area contributed by atoms with Crippen molar-refractivity contribution in [1.82, 2.24) is 0 Å². The van der Waals surface area contributed by atoms with Crippen molar-refractivity contribution in [3.8, 4) is 0 Å². The molecule has 1 N–H and O–H groups in total. The van der Waals surface area contributed by atoms with Gasteiger partial charge in [0.15, 0.2) is 9.84 Å². The lowest BCUT2D eigenvalue weighted by atomic mass is 9.85. The van der Waals surface area contributed by atoms with Gasteiger partial charge in [0, 0.05) is 28.5 Å². The number of carbonyl (C=O) groups excluding carboxylic acids is 1. The molecule has 0 saturated carbocycles. The van der Waals surface area contributed by atoms with Gasteiger partial charge in [0.25, 0.3) is 0 Å². The molecule has 2 unspecified atom stereocenters. The van der Waals surface area contributed by atoms with E-state index < -0.39 is 57.6 Å². The summed E-state index contributed by atoms with van der Waals surface area (Å²) in [6.45, 7) is 2.03. The van der Waals surface area contributed by atoms with Crippen LogP contribution in [-0.2, 0) is 46.2 Å². The molecule has 4 nitrogen and oxygen atoms in total. The number of nitrogens with one attached hydrogen (secondary N) is 1. The number of sulfone groups is 1. The van der Waals surface area contributed by atoms with E-state index in [1.165, 1.54) is 0 Å². The van der Waals surface area contributed by atoms with Crippen molar-refractivity contribution in [2.75, 3.05) is 11.1 Å². The Morgan fingerprint density at radius 2 is 1.72 bits per heavy atom. The molecule has 234 valence electrons. The highest BCUT2D eigenvalue weighted by atomic mass is 35.5. The van der Waals surface area contributed by atoms with Crippen molar-refractivity contribution < 1.29 is 39.6 Å². The van der Waals surface area contributed by atoms with E-state index in [9.17, 15) is 39.6 Å². The highest BCUT2D eigenvalue weighted by Gasteiger charge is 2.37. The molecule has 2 aromatic carbocycles. The maximum Gasteiger partial charge on any atom is 0.416 e. The Labute approximate surface area is 252 Å². The Morgan fingerprint density at radius 1 is 0.977 bits per heavy atom. The number of fused-ring (bicyclic) bond motifs is 1. The van der Waals surface area contributed by atoms with E-state index in [4.69, 9.17) is 11.6 Å². The van der Waals surface area contributed by atoms with Crippen LogP contribution in [0.15, 0.2) is 58.5 Å². The molecular formula is C31H32ClF6NO3S. The second-order valence-electron chi connectivity index (χ2n) is 11.2. The molecule has 2 atom stereocenters. The lowest BCUT2D eigenvalue weighted by Gasteiger charge is -2.25. The van der Waals surface area contributed by atoms with E-state index >= 15 is 0 Å². The first kappa shape index (κ1) is 33.1. The van der Waals surface area contributed by atoms with Crippen LogP contribution < -0.4 is 5.32 Å². The molecule has 0 bridgehead atoms. The summed E-state index contributed by atoms with van der Waals surface area (Å²) in [6, 6.07) is 6.53. The van der Waals surface area contributed by atoms with Gasteiger partial charge in [-0.15, -0.1) is 0 Å². The van der Waals surface area contributed by atoms with Crippen LogP contribution >= 0.6 is 11.6 Å². The fourth-order valence-corrected chi connectivity index (χ4v) is 8.04. The van der Waals surface area contributed by atoms with Crippen LogP contribution in [0.25, 0.3) is 0 Å². The van der Waals surface area contributed by atoms with E-state index in [-0.39, 0.29) is 24.0 Å².